The first-order chi connectivity index (χ1) is 8.86. The summed E-state index contributed by atoms with van der Waals surface area (Å²) >= 11 is 0. The van der Waals surface area contributed by atoms with Crippen LogP contribution in [0.2, 0.25) is 0 Å². The Morgan fingerprint density at radius 1 is 1.21 bits per heavy atom. The standard InChI is InChI=1S/C14H23N3O.HI/c1-15-14(16-2)17-10-6-7-11-18-12-13-8-4-3-5-9-13;/h3-5,8-9H,6-7,10-12H2,1-2H3,(H2,15,16,17);1H. The highest BCUT2D eigenvalue weighted by molar-refractivity contribution is 14.0. The number of benzene rings is 1. The highest BCUT2D eigenvalue weighted by Crippen LogP contribution is 2.01. The Balaban J connectivity index is 0.00000324. The van der Waals surface area contributed by atoms with Crippen LogP contribution in [-0.2, 0) is 11.3 Å². The van der Waals surface area contributed by atoms with E-state index in [1.54, 1.807) is 7.05 Å². The van der Waals surface area contributed by atoms with Crippen LogP contribution < -0.4 is 10.6 Å². The molecule has 0 aliphatic rings. The molecule has 0 aliphatic carbocycles. The van der Waals surface area contributed by atoms with E-state index in [2.05, 4.69) is 27.8 Å². The first-order valence-electron chi connectivity index (χ1n) is 6.37. The molecule has 2 N–H and O–H groups in total. The fourth-order valence-electron chi connectivity index (χ4n) is 1.58. The SMILES string of the molecule is CN=C(NC)NCCCCOCc1ccccc1.I. The monoisotopic (exact) mass is 377 g/mol. The number of nitrogens with one attached hydrogen (secondary N) is 2. The molecule has 19 heavy (non-hydrogen) atoms. The van der Waals surface area contributed by atoms with Crippen molar-refractivity contribution in [1.29, 1.82) is 0 Å². The summed E-state index contributed by atoms with van der Waals surface area (Å²) in [4.78, 5) is 4.04. The first kappa shape index (κ1) is 18.2. The van der Waals surface area contributed by atoms with Crippen molar-refractivity contribution in [2.75, 3.05) is 27.2 Å². The molecular weight excluding hydrogens is 353 g/mol. The minimum absolute atomic E-state index is 0. The van der Waals surface area contributed by atoms with E-state index in [9.17, 15) is 0 Å². The predicted molar refractivity (Wildman–Crippen MR) is 91.2 cm³/mol. The number of halogens is 1. The van der Waals surface area contributed by atoms with Gasteiger partial charge >= 0.3 is 0 Å². The lowest BCUT2D eigenvalue weighted by Gasteiger charge is -2.08. The number of unbranched alkanes of at least 4 members (excludes halogenated alkanes) is 1. The van der Waals surface area contributed by atoms with Gasteiger partial charge in [-0.3, -0.25) is 4.99 Å². The number of aliphatic imine (C=N–C) groups is 1. The molecule has 1 aromatic rings. The average molecular weight is 377 g/mol. The number of hydrogen-bond donors (Lipinski definition) is 2. The van der Waals surface area contributed by atoms with E-state index in [0.29, 0.717) is 6.61 Å². The molecule has 0 bridgehead atoms. The molecule has 0 saturated carbocycles. The van der Waals surface area contributed by atoms with Gasteiger partial charge in [0, 0.05) is 27.2 Å². The van der Waals surface area contributed by atoms with E-state index in [4.69, 9.17) is 4.74 Å². The predicted octanol–water partition coefficient (Wildman–Crippen LogP) is 2.40. The Morgan fingerprint density at radius 3 is 2.58 bits per heavy atom. The van der Waals surface area contributed by atoms with Crippen molar-refractivity contribution in [3.8, 4) is 0 Å². The van der Waals surface area contributed by atoms with Crippen LogP contribution in [0.15, 0.2) is 35.3 Å². The summed E-state index contributed by atoms with van der Waals surface area (Å²) in [6, 6.07) is 10.2. The zero-order valence-electron chi connectivity index (χ0n) is 11.7. The zero-order valence-corrected chi connectivity index (χ0v) is 14.0. The molecule has 0 fully saturated rings. The quantitative estimate of drug-likeness (QED) is 0.332. The van der Waals surface area contributed by atoms with Gasteiger partial charge in [0.15, 0.2) is 5.96 Å². The van der Waals surface area contributed by atoms with Gasteiger partial charge in [-0.15, -0.1) is 24.0 Å². The molecular formula is C14H24IN3O. The molecule has 0 heterocycles. The maximum atomic E-state index is 5.61. The van der Waals surface area contributed by atoms with Crippen LogP contribution in [0.4, 0.5) is 0 Å². The number of ether oxygens (including phenoxy) is 1. The fraction of sp³-hybridized carbons (Fsp3) is 0.500. The topological polar surface area (TPSA) is 45.7 Å². The third kappa shape index (κ3) is 8.83. The van der Waals surface area contributed by atoms with E-state index in [-0.39, 0.29) is 24.0 Å². The molecule has 0 aromatic heterocycles. The third-order valence-electron chi connectivity index (χ3n) is 2.58. The molecule has 108 valence electrons. The van der Waals surface area contributed by atoms with Gasteiger partial charge in [-0.1, -0.05) is 30.3 Å². The minimum atomic E-state index is 0. The van der Waals surface area contributed by atoms with E-state index in [1.807, 2.05) is 25.2 Å². The van der Waals surface area contributed by atoms with Crippen molar-refractivity contribution in [1.82, 2.24) is 10.6 Å². The average Bonchev–Trinajstić information content (AvgIpc) is 2.43. The van der Waals surface area contributed by atoms with Gasteiger partial charge in [0.2, 0.25) is 0 Å². The van der Waals surface area contributed by atoms with Gasteiger partial charge in [-0.25, -0.2) is 0 Å². The lowest BCUT2D eigenvalue weighted by Crippen LogP contribution is -2.35. The maximum Gasteiger partial charge on any atom is 0.190 e. The minimum Gasteiger partial charge on any atom is -0.377 e. The second-order valence-electron chi connectivity index (χ2n) is 3.99. The Kier molecular flexibility index (Phi) is 11.7. The molecule has 1 rings (SSSR count). The third-order valence-corrected chi connectivity index (χ3v) is 2.58. The van der Waals surface area contributed by atoms with Crippen molar-refractivity contribution in [2.24, 2.45) is 4.99 Å². The van der Waals surface area contributed by atoms with E-state index < -0.39 is 0 Å². The second kappa shape index (κ2) is 12.2. The summed E-state index contributed by atoms with van der Waals surface area (Å²) < 4.78 is 5.61. The second-order valence-corrected chi connectivity index (χ2v) is 3.99. The van der Waals surface area contributed by atoms with Crippen LogP contribution in [0.1, 0.15) is 18.4 Å². The van der Waals surface area contributed by atoms with Gasteiger partial charge < -0.3 is 15.4 Å². The van der Waals surface area contributed by atoms with Crippen molar-refractivity contribution in [2.45, 2.75) is 19.4 Å². The Bertz CT molecular complexity index is 344. The highest BCUT2D eigenvalue weighted by atomic mass is 127. The van der Waals surface area contributed by atoms with E-state index >= 15 is 0 Å². The van der Waals surface area contributed by atoms with Crippen LogP contribution in [0, 0.1) is 0 Å². The van der Waals surface area contributed by atoms with Crippen LogP contribution in [0.5, 0.6) is 0 Å². The van der Waals surface area contributed by atoms with E-state index in [1.165, 1.54) is 5.56 Å². The Labute approximate surface area is 133 Å². The van der Waals surface area contributed by atoms with Crippen LogP contribution in [0.25, 0.3) is 0 Å². The molecule has 4 nitrogen and oxygen atoms in total. The number of nitrogens with zero attached hydrogens (tertiary/aromatic N) is 1. The normalized spacial score (nSPS) is 10.7. The molecule has 5 heteroatoms. The van der Waals surface area contributed by atoms with E-state index in [0.717, 1.165) is 32.0 Å². The lowest BCUT2D eigenvalue weighted by atomic mass is 10.2. The number of guanidine groups is 1. The smallest absolute Gasteiger partial charge is 0.190 e. The van der Waals surface area contributed by atoms with Gasteiger partial charge in [0.05, 0.1) is 6.61 Å². The van der Waals surface area contributed by atoms with Gasteiger partial charge in [-0.05, 0) is 18.4 Å². The van der Waals surface area contributed by atoms with Crippen molar-refractivity contribution in [3.63, 3.8) is 0 Å². The van der Waals surface area contributed by atoms with Crippen molar-refractivity contribution in [3.05, 3.63) is 35.9 Å². The van der Waals surface area contributed by atoms with Crippen LogP contribution in [0.3, 0.4) is 0 Å². The highest BCUT2D eigenvalue weighted by Gasteiger charge is 1.94. The van der Waals surface area contributed by atoms with Crippen LogP contribution >= 0.6 is 24.0 Å². The Morgan fingerprint density at radius 2 is 1.95 bits per heavy atom. The molecule has 0 radical (unpaired) electrons. The number of hydrogen-bond acceptors (Lipinski definition) is 2. The van der Waals surface area contributed by atoms with Crippen molar-refractivity contribution < 1.29 is 4.74 Å². The van der Waals surface area contributed by atoms with Gasteiger partial charge in [0.25, 0.3) is 0 Å². The summed E-state index contributed by atoms with van der Waals surface area (Å²) in [6.07, 6.45) is 2.13. The van der Waals surface area contributed by atoms with Crippen molar-refractivity contribution >= 4 is 29.9 Å². The zero-order chi connectivity index (χ0) is 13.1. The molecule has 0 spiro atoms. The first-order valence-corrected chi connectivity index (χ1v) is 6.37. The number of rotatable bonds is 7. The molecule has 0 atom stereocenters. The molecule has 0 amide bonds. The molecule has 1 aromatic carbocycles. The largest absolute Gasteiger partial charge is 0.377 e. The summed E-state index contributed by atoms with van der Waals surface area (Å²) in [5, 5.41) is 6.19. The molecule has 0 unspecified atom stereocenters. The lowest BCUT2D eigenvalue weighted by molar-refractivity contribution is 0.117. The maximum absolute atomic E-state index is 5.61. The fourth-order valence-corrected chi connectivity index (χ4v) is 1.58. The van der Waals surface area contributed by atoms with Gasteiger partial charge in [0.1, 0.15) is 0 Å². The van der Waals surface area contributed by atoms with Crippen LogP contribution in [-0.4, -0.2) is 33.2 Å². The molecule has 0 aliphatic heterocycles. The van der Waals surface area contributed by atoms with Gasteiger partial charge in [-0.2, -0.15) is 0 Å². The molecule has 0 saturated heterocycles. The summed E-state index contributed by atoms with van der Waals surface area (Å²) in [5.74, 6) is 0.834. The Hall–Kier alpha value is -0.820. The summed E-state index contributed by atoms with van der Waals surface area (Å²) in [6.45, 7) is 2.42. The summed E-state index contributed by atoms with van der Waals surface area (Å²) in [5.41, 5.74) is 1.23. The summed E-state index contributed by atoms with van der Waals surface area (Å²) in [7, 11) is 3.63.